The number of ether oxygens (including phenoxy) is 1. The molecule has 0 radical (unpaired) electrons. The topological polar surface area (TPSA) is 87.3 Å². The van der Waals surface area contributed by atoms with Crippen LogP contribution in [0.25, 0.3) is 0 Å². The molecule has 1 aromatic carbocycles. The Labute approximate surface area is 102 Å². The molecule has 7 nitrogen and oxygen atoms in total. The summed E-state index contributed by atoms with van der Waals surface area (Å²) in [5.74, 6) is 0.554. The molecular formula is C11H9N3O4. The monoisotopic (exact) mass is 247 g/mol. The predicted molar refractivity (Wildman–Crippen MR) is 61.3 cm³/mol. The molecule has 0 amide bonds. The van der Waals surface area contributed by atoms with Crippen molar-refractivity contribution in [2.45, 2.75) is 6.73 Å². The van der Waals surface area contributed by atoms with Gasteiger partial charge in [0, 0.05) is 5.56 Å². The minimum Gasteiger partial charge on any atom is -0.471 e. The van der Waals surface area contributed by atoms with Crippen molar-refractivity contribution in [2.75, 3.05) is 0 Å². The van der Waals surface area contributed by atoms with Crippen LogP contribution in [0.4, 0.5) is 5.69 Å². The standard InChI is InChI=1S/C11H9N3O4/c15-7-9-1-3-11(4-2-9)18-8-13-6-10(5-12-13)14(16)17/h1-7H,8H2. The first kappa shape index (κ1) is 11.8. The zero-order valence-corrected chi connectivity index (χ0v) is 9.22. The summed E-state index contributed by atoms with van der Waals surface area (Å²) in [4.78, 5) is 20.4. The summed E-state index contributed by atoms with van der Waals surface area (Å²) in [6, 6.07) is 6.52. The smallest absolute Gasteiger partial charge is 0.307 e. The second-order valence-electron chi connectivity index (χ2n) is 3.46. The van der Waals surface area contributed by atoms with Gasteiger partial charge in [0.25, 0.3) is 0 Å². The van der Waals surface area contributed by atoms with Crippen molar-refractivity contribution in [3.63, 3.8) is 0 Å². The summed E-state index contributed by atoms with van der Waals surface area (Å²) in [5, 5.41) is 14.2. The number of nitro groups is 1. The third-order valence-corrected chi connectivity index (χ3v) is 2.21. The van der Waals surface area contributed by atoms with Gasteiger partial charge < -0.3 is 4.74 Å². The van der Waals surface area contributed by atoms with Crippen LogP contribution in [0.3, 0.4) is 0 Å². The van der Waals surface area contributed by atoms with E-state index in [1.165, 1.54) is 10.9 Å². The highest BCUT2D eigenvalue weighted by Gasteiger charge is 2.08. The summed E-state index contributed by atoms with van der Waals surface area (Å²) >= 11 is 0. The zero-order valence-electron chi connectivity index (χ0n) is 9.22. The summed E-state index contributed by atoms with van der Waals surface area (Å²) in [5.41, 5.74) is 0.465. The first-order chi connectivity index (χ1) is 8.69. The van der Waals surface area contributed by atoms with Gasteiger partial charge in [0.15, 0.2) is 6.73 Å². The van der Waals surface area contributed by atoms with Crippen LogP contribution in [0, 0.1) is 10.1 Å². The zero-order chi connectivity index (χ0) is 13.0. The molecule has 0 saturated heterocycles. The van der Waals surface area contributed by atoms with E-state index in [1.807, 2.05) is 0 Å². The molecule has 92 valence electrons. The molecule has 0 bridgehead atoms. The van der Waals surface area contributed by atoms with Crippen LogP contribution in [-0.4, -0.2) is 21.0 Å². The lowest BCUT2D eigenvalue weighted by molar-refractivity contribution is -0.385. The van der Waals surface area contributed by atoms with Crippen LogP contribution >= 0.6 is 0 Å². The van der Waals surface area contributed by atoms with Crippen molar-refractivity contribution in [3.8, 4) is 5.75 Å². The van der Waals surface area contributed by atoms with Gasteiger partial charge in [-0.2, -0.15) is 5.10 Å². The summed E-state index contributed by atoms with van der Waals surface area (Å²) < 4.78 is 6.66. The third-order valence-electron chi connectivity index (χ3n) is 2.21. The van der Waals surface area contributed by atoms with Crippen LogP contribution in [-0.2, 0) is 6.73 Å². The van der Waals surface area contributed by atoms with Gasteiger partial charge in [0.1, 0.15) is 24.4 Å². The molecule has 0 atom stereocenters. The number of benzene rings is 1. The number of hydrogen-bond acceptors (Lipinski definition) is 5. The van der Waals surface area contributed by atoms with Crippen molar-refractivity contribution in [3.05, 3.63) is 52.3 Å². The van der Waals surface area contributed by atoms with Gasteiger partial charge in [-0.1, -0.05) is 0 Å². The molecule has 7 heteroatoms. The van der Waals surface area contributed by atoms with E-state index in [2.05, 4.69) is 5.10 Å². The largest absolute Gasteiger partial charge is 0.471 e. The molecule has 1 heterocycles. The molecule has 1 aromatic heterocycles. The maximum atomic E-state index is 10.4. The number of aromatic nitrogens is 2. The molecule has 0 N–H and O–H groups in total. The Morgan fingerprint density at radius 2 is 2.11 bits per heavy atom. The molecule has 2 aromatic rings. The van der Waals surface area contributed by atoms with Gasteiger partial charge in [-0.15, -0.1) is 0 Å². The highest BCUT2D eigenvalue weighted by Crippen LogP contribution is 2.13. The van der Waals surface area contributed by atoms with Crippen molar-refractivity contribution < 1.29 is 14.5 Å². The average Bonchev–Trinajstić information content (AvgIpc) is 2.86. The van der Waals surface area contributed by atoms with Crippen molar-refractivity contribution in [1.29, 1.82) is 0 Å². The molecule has 0 aliphatic rings. The number of carbonyl (C=O) groups is 1. The van der Waals surface area contributed by atoms with E-state index >= 15 is 0 Å². The van der Waals surface area contributed by atoms with E-state index in [0.29, 0.717) is 11.3 Å². The van der Waals surface area contributed by atoms with Crippen LogP contribution < -0.4 is 4.74 Å². The van der Waals surface area contributed by atoms with E-state index in [9.17, 15) is 14.9 Å². The van der Waals surface area contributed by atoms with E-state index < -0.39 is 4.92 Å². The molecule has 0 aliphatic carbocycles. The minimum absolute atomic E-state index is 0.0638. The second kappa shape index (κ2) is 5.09. The first-order valence-electron chi connectivity index (χ1n) is 5.04. The van der Waals surface area contributed by atoms with Crippen molar-refractivity contribution in [1.82, 2.24) is 9.78 Å². The Morgan fingerprint density at radius 1 is 1.39 bits per heavy atom. The van der Waals surface area contributed by atoms with E-state index in [1.54, 1.807) is 24.3 Å². The molecular weight excluding hydrogens is 238 g/mol. The first-order valence-corrected chi connectivity index (χ1v) is 5.04. The molecule has 0 aliphatic heterocycles. The molecule has 0 fully saturated rings. The van der Waals surface area contributed by atoms with Crippen LogP contribution in [0.5, 0.6) is 5.75 Å². The number of nitrogens with zero attached hydrogens (tertiary/aromatic N) is 3. The Hall–Kier alpha value is -2.70. The number of aldehydes is 1. The fraction of sp³-hybridized carbons (Fsp3) is 0.0909. The Bertz CT molecular complexity index is 562. The van der Waals surface area contributed by atoms with E-state index in [0.717, 1.165) is 12.5 Å². The Balaban J connectivity index is 1.97. The molecule has 0 unspecified atom stereocenters. The van der Waals surface area contributed by atoms with E-state index in [-0.39, 0.29) is 12.4 Å². The van der Waals surface area contributed by atoms with Gasteiger partial charge in [-0.3, -0.25) is 14.9 Å². The highest BCUT2D eigenvalue weighted by atomic mass is 16.6. The van der Waals surface area contributed by atoms with Gasteiger partial charge >= 0.3 is 5.69 Å². The predicted octanol–water partition coefficient (Wildman–Crippen LogP) is 1.64. The number of rotatable bonds is 5. The SMILES string of the molecule is O=Cc1ccc(OCn2cc([N+](=O)[O-])cn2)cc1. The summed E-state index contributed by atoms with van der Waals surface area (Å²) in [6.07, 6.45) is 3.17. The lowest BCUT2D eigenvalue weighted by Gasteiger charge is -2.05. The lowest BCUT2D eigenvalue weighted by Crippen LogP contribution is -2.05. The number of hydrogen-bond donors (Lipinski definition) is 0. The third kappa shape index (κ3) is 2.70. The molecule has 0 spiro atoms. The van der Waals surface area contributed by atoms with Gasteiger partial charge in [0.05, 0.1) is 4.92 Å². The average molecular weight is 247 g/mol. The van der Waals surface area contributed by atoms with Crippen LogP contribution in [0.2, 0.25) is 0 Å². The normalized spacial score (nSPS) is 10.0. The van der Waals surface area contributed by atoms with Crippen molar-refractivity contribution >= 4 is 12.0 Å². The summed E-state index contributed by atoms with van der Waals surface area (Å²) in [6.45, 7) is 0.0638. The van der Waals surface area contributed by atoms with Crippen LogP contribution in [0.1, 0.15) is 10.4 Å². The molecule has 0 saturated carbocycles. The summed E-state index contributed by atoms with van der Waals surface area (Å²) in [7, 11) is 0. The highest BCUT2D eigenvalue weighted by molar-refractivity contribution is 5.74. The Kier molecular flexibility index (Phi) is 3.33. The van der Waals surface area contributed by atoms with Gasteiger partial charge in [-0.25, -0.2) is 4.68 Å². The van der Waals surface area contributed by atoms with Gasteiger partial charge in [-0.05, 0) is 24.3 Å². The Morgan fingerprint density at radius 3 is 2.67 bits per heavy atom. The number of carbonyl (C=O) groups excluding carboxylic acids is 1. The molecule has 2 rings (SSSR count). The second-order valence-corrected chi connectivity index (χ2v) is 3.46. The lowest BCUT2D eigenvalue weighted by atomic mass is 10.2. The van der Waals surface area contributed by atoms with E-state index in [4.69, 9.17) is 4.74 Å². The van der Waals surface area contributed by atoms with Crippen molar-refractivity contribution in [2.24, 2.45) is 0 Å². The van der Waals surface area contributed by atoms with Gasteiger partial charge in [0.2, 0.25) is 0 Å². The maximum absolute atomic E-state index is 10.4. The fourth-order valence-corrected chi connectivity index (χ4v) is 1.30. The maximum Gasteiger partial charge on any atom is 0.307 e. The van der Waals surface area contributed by atoms with Crippen LogP contribution in [0.15, 0.2) is 36.7 Å². The fourth-order valence-electron chi connectivity index (χ4n) is 1.30. The molecule has 18 heavy (non-hydrogen) atoms. The quantitative estimate of drug-likeness (QED) is 0.455. The minimum atomic E-state index is -0.525.